The zero-order valence-electron chi connectivity index (χ0n) is 12.5. The van der Waals surface area contributed by atoms with E-state index >= 15 is 0 Å². The fourth-order valence-corrected chi connectivity index (χ4v) is 2.88. The third-order valence-electron chi connectivity index (χ3n) is 3.91. The van der Waals surface area contributed by atoms with E-state index < -0.39 is 0 Å². The smallest absolute Gasteiger partial charge is 0.0352 e. The van der Waals surface area contributed by atoms with Crippen molar-refractivity contribution in [3.05, 3.63) is 66.5 Å². The minimum atomic E-state index is 0.332. The highest BCUT2D eigenvalue weighted by Crippen LogP contribution is 2.33. The van der Waals surface area contributed by atoms with E-state index in [0.717, 1.165) is 6.54 Å². The summed E-state index contributed by atoms with van der Waals surface area (Å²) < 4.78 is 0. The van der Waals surface area contributed by atoms with Crippen molar-refractivity contribution < 1.29 is 0 Å². The third kappa shape index (κ3) is 2.67. The molecule has 0 amide bonds. The highest BCUT2D eigenvalue weighted by molar-refractivity contribution is 5.96. The first-order chi connectivity index (χ1) is 10.3. The molecular weight excluding hydrogens is 256 g/mol. The molecule has 0 spiro atoms. The van der Waals surface area contributed by atoms with E-state index in [9.17, 15) is 0 Å². The molecule has 21 heavy (non-hydrogen) atoms. The van der Waals surface area contributed by atoms with E-state index in [2.05, 4.69) is 72.7 Å². The standard InChI is InChI=1S/C19H20N2/c1-3-21-14(2)16-8-4-5-9-17(16)18-10-6-7-15-11-12-20-13-19(15)18/h4-14,21H,3H2,1-2H3. The maximum absolute atomic E-state index is 4.29. The molecule has 0 bridgehead atoms. The summed E-state index contributed by atoms with van der Waals surface area (Å²) in [5.74, 6) is 0. The van der Waals surface area contributed by atoms with Crippen molar-refractivity contribution in [3.63, 3.8) is 0 Å². The average Bonchev–Trinajstić information content (AvgIpc) is 2.54. The Balaban J connectivity index is 2.19. The molecule has 1 heterocycles. The molecule has 0 fully saturated rings. The molecular formula is C19H20N2. The minimum absolute atomic E-state index is 0.332. The summed E-state index contributed by atoms with van der Waals surface area (Å²) in [6.07, 6.45) is 3.80. The molecule has 0 saturated heterocycles. The maximum atomic E-state index is 4.29. The molecule has 3 rings (SSSR count). The molecule has 0 aliphatic heterocycles. The molecule has 2 heteroatoms. The molecule has 0 saturated carbocycles. The Morgan fingerprint density at radius 2 is 1.81 bits per heavy atom. The quantitative estimate of drug-likeness (QED) is 0.755. The first-order valence-electron chi connectivity index (χ1n) is 7.46. The fraction of sp³-hybridized carbons (Fsp3) is 0.211. The molecule has 2 aromatic carbocycles. The van der Waals surface area contributed by atoms with Gasteiger partial charge in [-0.1, -0.05) is 49.4 Å². The van der Waals surface area contributed by atoms with Crippen molar-refractivity contribution in [2.45, 2.75) is 19.9 Å². The molecule has 106 valence electrons. The summed E-state index contributed by atoms with van der Waals surface area (Å²) in [7, 11) is 0. The van der Waals surface area contributed by atoms with Crippen LogP contribution in [-0.2, 0) is 0 Å². The number of benzene rings is 2. The molecule has 1 unspecified atom stereocenters. The molecule has 0 radical (unpaired) electrons. The number of nitrogens with one attached hydrogen (secondary N) is 1. The number of fused-ring (bicyclic) bond motifs is 1. The van der Waals surface area contributed by atoms with Crippen LogP contribution in [0.5, 0.6) is 0 Å². The topological polar surface area (TPSA) is 24.9 Å². The van der Waals surface area contributed by atoms with Crippen LogP contribution in [0.2, 0.25) is 0 Å². The number of hydrogen-bond acceptors (Lipinski definition) is 2. The van der Waals surface area contributed by atoms with Crippen LogP contribution in [0.25, 0.3) is 21.9 Å². The average molecular weight is 276 g/mol. The molecule has 3 aromatic rings. The van der Waals surface area contributed by atoms with Crippen LogP contribution in [-0.4, -0.2) is 11.5 Å². The highest BCUT2D eigenvalue weighted by Gasteiger charge is 2.12. The van der Waals surface area contributed by atoms with Gasteiger partial charge in [0.05, 0.1) is 0 Å². The van der Waals surface area contributed by atoms with E-state index in [0.29, 0.717) is 6.04 Å². The van der Waals surface area contributed by atoms with Crippen LogP contribution in [0.1, 0.15) is 25.5 Å². The van der Waals surface area contributed by atoms with Crippen LogP contribution >= 0.6 is 0 Å². The first-order valence-corrected chi connectivity index (χ1v) is 7.46. The van der Waals surface area contributed by atoms with Gasteiger partial charge in [0.2, 0.25) is 0 Å². The first kappa shape index (κ1) is 13.8. The van der Waals surface area contributed by atoms with Gasteiger partial charge in [0.1, 0.15) is 0 Å². The van der Waals surface area contributed by atoms with Gasteiger partial charge >= 0.3 is 0 Å². The fourth-order valence-electron chi connectivity index (χ4n) is 2.88. The number of rotatable bonds is 4. The van der Waals surface area contributed by atoms with Gasteiger partial charge in [-0.25, -0.2) is 0 Å². The Kier molecular flexibility index (Phi) is 3.98. The van der Waals surface area contributed by atoms with Gasteiger partial charge in [0.15, 0.2) is 0 Å². The lowest BCUT2D eigenvalue weighted by molar-refractivity contribution is 0.599. The summed E-state index contributed by atoms with van der Waals surface area (Å²) >= 11 is 0. The maximum Gasteiger partial charge on any atom is 0.0352 e. The Hall–Kier alpha value is -2.19. The monoisotopic (exact) mass is 276 g/mol. The lowest BCUT2D eigenvalue weighted by Gasteiger charge is -2.18. The van der Waals surface area contributed by atoms with Gasteiger partial charge in [0, 0.05) is 23.8 Å². The highest BCUT2D eigenvalue weighted by atomic mass is 14.9. The van der Waals surface area contributed by atoms with E-state index in [1.165, 1.54) is 27.5 Å². The van der Waals surface area contributed by atoms with E-state index in [-0.39, 0.29) is 0 Å². The molecule has 0 aliphatic carbocycles. The van der Waals surface area contributed by atoms with E-state index in [4.69, 9.17) is 0 Å². The predicted molar refractivity (Wildman–Crippen MR) is 89.3 cm³/mol. The number of hydrogen-bond donors (Lipinski definition) is 1. The second kappa shape index (κ2) is 6.06. The Labute approximate surface area is 125 Å². The Morgan fingerprint density at radius 3 is 2.67 bits per heavy atom. The minimum Gasteiger partial charge on any atom is -0.310 e. The van der Waals surface area contributed by atoms with Crippen molar-refractivity contribution in [1.82, 2.24) is 10.3 Å². The predicted octanol–water partition coefficient (Wildman–Crippen LogP) is 4.57. The summed E-state index contributed by atoms with van der Waals surface area (Å²) in [6.45, 7) is 5.32. The molecule has 2 nitrogen and oxygen atoms in total. The second-order valence-electron chi connectivity index (χ2n) is 5.27. The van der Waals surface area contributed by atoms with Crippen LogP contribution in [0.15, 0.2) is 60.9 Å². The van der Waals surface area contributed by atoms with Crippen LogP contribution in [0.4, 0.5) is 0 Å². The van der Waals surface area contributed by atoms with Crippen LogP contribution in [0, 0.1) is 0 Å². The van der Waals surface area contributed by atoms with Crippen LogP contribution < -0.4 is 5.32 Å². The molecule has 1 N–H and O–H groups in total. The SMILES string of the molecule is CCNC(C)c1ccccc1-c1cccc2ccncc12. The summed E-state index contributed by atoms with van der Waals surface area (Å²) in [6, 6.07) is 17.4. The van der Waals surface area contributed by atoms with E-state index in [1.807, 2.05) is 12.4 Å². The second-order valence-corrected chi connectivity index (χ2v) is 5.27. The van der Waals surface area contributed by atoms with Gasteiger partial charge in [-0.15, -0.1) is 0 Å². The third-order valence-corrected chi connectivity index (χ3v) is 3.91. The zero-order chi connectivity index (χ0) is 14.7. The summed E-state index contributed by atoms with van der Waals surface area (Å²) in [5, 5.41) is 5.94. The van der Waals surface area contributed by atoms with Crippen molar-refractivity contribution in [3.8, 4) is 11.1 Å². The van der Waals surface area contributed by atoms with Gasteiger partial charge in [-0.3, -0.25) is 4.98 Å². The van der Waals surface area contributed by atoms with Gasteiger partial charge in [-0.05, 0) is 41.6 Å². The number of pyridine rings is 1. The molecule has 1 aromatic heterocycles. The lowest BCUT2D eigenvalue weighted by atomic mass is 9.92. The largest absolute Gasteiger partial charge is 0.310 e. The summed E-state index contributed by atoms with van der Waals surface area (Å²) in [4.78, 5) is 4.29. The zero-order valence-corrected chi connectivity index (χ0v) is 12.5. The van der Waals surface area contributed by atoms with Gasteiger partial charge < -0.3 is 5.32 Å². The van der Waals surface area contributed by atoms with Crippen molar-refractivity contribution in [1.29, 1.82) is 0 Å². The van der Waals surface area contributed by atoms with Crippen molar-refractivity contribution in [2.24, 2.45) is 0 Å². The van der Waals surface area contributed by atoms with E-state index in [1.54, 1.807) is 0 Å². The van der Waals surface area contributed by atoms with Gasteiger partial charge in [-0.2, -0.15) is 0 Å². The summed E-state index contributed by atoms with van der Waals surface area (Å²) in [5.41, 5.74) is 3.86. The van der Waals surface area contributed by atoms with Crippen LogP contribution in [0.3, 0.4) is 0 Å². The molecule has 0 aliphatic rings. The normalized spacial score (nSPS) is 12.5. The number of nitrogens with zero attached hydrogens (tertiary/aromatic N) is 1. The molecule has 1 atom stereocenters. The Morgan fingerprint density at radius 1 is 1.00 bits per heavy atom. The Bertz CT molecular complexity index is 744. The van der Waals surface area contributed by atoms with Gasteiger partial charge in [0.25, 0.3) is 0 Å². The number of aromatic nitrogens is 1. The lowest BCUT2D eigenvalue weighted by Crippen LogP contribution is -2.18. The van der Waals surface area contributed by atoms with Crippen molar-refractivity contribution >= 4 is 10.8 Å². The van der Waals surface area contributed by atoms with Crippen molar-refractivity contribution in [2.75, 3.05) is 6.54 Å².